The Morgan fingerprint density at radius 2 is 2.37 bits per heavy atom. The van der Waals surface area contributed by atoms with Crippen LogP contribution < -0.4 is 5.32 Å². The van der Waals surface area contributed by atoms with E-state index in [0.29, 0.717) is 12.1 Å². The molecule has 1 aliphatic heterocycles. The first-order valence-corrected chi connectivity index (χ1v) is 8.64. The van der Waals surface area contributed by atoms with E-state index >= 15 is 0 Å². The van der Waals surface area contributed by atoms with Crippen molar-refractivity contribution >= 4 is 11.8 Å². The quantitative estimate of drug-likeness (QED) is 0.832. The van der Waals surface area contributed by atoms with Crippen molar-refractivity contribution in [3.63, 3.8) is 0 Å². The highest BCUT2D eigenvalue weighted by Gasteiger charge is 2.25. The Labute approximate surface area is 121 Å². The predicted octanol–water partition coefficient (Wildman–Crippen LogP) is 3.27. The zero-order chi connectivity index (χ0) is 13.7. The van der Waals surface area contributed by atoms with Crippen LogP contribution in [0.1, 0.15) is 51.8 Å². The maximum Gasteiger partial charge on any atom is 0.0640 e. The molecule has 1 aromatic rings. The van der Waals surface area contributed by atoms with Gasteiger partial charge in [0.15, 0.2) is 0 Å². The molecule has 2 atom stereocenters. The van der Waals surface area contributed by atoms with E-state index in [1.807, 2.05) is 0 Å². The fraction of sp³-hybridized carbons (Fsp3) is 0.800. The minimum atomic E-state index is 0.455. The molecule has 0 amide bonds. The Kier molecular flexibility index (Phi) is 5.76. The first kappa shape index (κ1) is 14.9. The fourth-order valence-electron chi connectivity index (χ4n) is 2.58. The van der Waals surface area contributed by atoms with E-state index in [1.54, 1.807) is 0 Å². The van der Waals surface area contributed by atoms with Crippen molar-refractivity contribution < 1.29 is 0 Å². The maximum atomic E-state index is 4.70. The van der Waals surface area contributed by atoms with Gasteiger partial charge in [0, 0.05) is 30.0 Å². The zero-order valence-electron chi connectivity index (χ0n) is 12.4. The summed E-state index contributed by atoms with van der Waals surface area (Å²) >= 11 is 2.14. The number of hydrogen-bond donors (Lipinski definition) is 1. The van der Waals surface area contributed by atoms with Crippen molar-refractivity contribution in [2.45, 2.75) is 63.8 Å². The van der Waals surface area contributed by atoms with Crippen molar-refractivity contribution in [2.75, 3.05) is 12.3 Å². The predicted molar refractivity (Wildman–Crippen MR) is 83.9 cm³/mol. The lowest BCUT2D eigenvalue weighted by Crippen LogP contribution is -2.39. The molecule has 1 N–H and O–H groups in total. The van der Waals surface area contributed by atoms with E-state index in [-0.39, 0.29) is 0 Å². The van der Waals surface area contributed by atoms with Crippen molar-refractivity contribution in [3.05, 3.63) is 18.0 Å². The summed E-state index contributed by atoms with van der Waals surface area (Å²) in [6, 6.07) is 3.22. The zero-order valence-corrected chi connectivity index (χ0v) is 13.2. The third kappa shape index (κ3) is 4.25. The van der Waals surface area contributed by atoms with Crippen molar-refractivity contribution in [1.29, 1.82) is 0 Å². The topological polar surface area (TPSA) is 29.9 Å². The van der Waals surface area contributed by atoms with Gasteiger partial charge >= 0.3 is 0 Å². The smallest absolute Gasteiger partial charge is 0.0640 e. The molecule has 0 aliphatic carbocycles. The summed E-state index contributed by atoms with van der Waals surface area (Å²) in [5.74, 6) is 1.33. The average molecular weight is 281 g/mol. The van der Waals surface area contributed by atoms with Crippen molar-refractivity contribution in [1.82, 2.24) is 15.1 Å². The van der Waals surface area contributed by atoms with Crippen LogP contribution in [0.25, 0.3) is 0 Å². The molecular formula is C15H27N3S. The number of nitrogens with one attached hydrogen (secondary N) is 1. The molecule has 0 aromatic carbocycles. The van der Waals surface area contributed by atoms with E-state index in [1.165, 1.54) is 30.7 Å². The number of thioether (sulfide) groups is 1. The molecule has 1 aromatic heterocycles. The highest BCUT2D eigenvalue weighted by atomic mass is 32.2. The maximum absolute atomic E-state index is 4.70. The van der Waals surface area contributed by atoms with Gasteiger partial charge in [-0.3, -0.25) is 4.68 Å². The molecule has 2 heterocycles. The van der Waals surface area contributed by atoms with Gasteiger partial charge in [-0.05, 0) is 51.5 Å². The number of nitrogens with zero attached hydrogens (tertiary/aromatic N) is 2. The largest absolute Gasteiger partial charge is 0.312 e. The fourth-order valence-corrected chi connectivity index (χ4v) is 3.98. The first-order valence-electron chi connectivity index (χ1n) is 7.59. The minimum absolute atomic E-state index is 0.455. The Hall–Kier alpha value is -0.480. The summed E-state index contributed by atoms with van der Waals surface area (Å²) in [5, 5.41) is 9.20. The Morgan fingerprint density at radius 3 is 2.95 bits per heavy atom. The summed E-state index contributed by atoms with van der Waals surface area (Å²) in [4.78, 5) is 0. The molecule has 4 heteroatoms. The van der Waals surface area contributed by atoms with Gasteiger partial charge in [-0.15, -0.1) is 0 Å². The van der Waals surface area contributed by atoms with Crippen LogP contribution in [0, 0.1) is 0 Å². The molecule has 0 spiro atoms. The van der Waals surface area contributed by atoms with E-state index in [2.05, 4.69) is 54.8 Å². The number of rotatable bonds is 7. The SMILES string of the molecule is CCCNC(Cc1ccn(C(C)C)n1)C1CCCS1. The summed E-state index contributed by atoms with van der Waals surface area (Å²) in [7, 11) is 0. The summed E-state index contributed by atoms with van der Waals surface area (Å²) in [6.45, 7) is 7.71. The Morgan fingerprint density at radius 1 is 1.53 bits per heavy atom. The van der Waals surface area contributed by atoms with Gasteiger partial charge in [0.2, 0.25) is 0 Å². The molecule has 19 heavy (non-hydrogen) atoms. The summed E-state index contributed by atoms with van der Waals surface area (Å²) < 4.78 is 2.06. The highest BCUT2D eigenvalue weighted by molar-refractivity contribution is 8.00. The second-order valence-corrected chi connectivity index (χ2v) is 7.04. The van der Waals surface area contributed by atoms with Crippen LogP contribution >= 0.6 is 11.8 Å². The van der Waals surface area contributed by atoms with E-state index in [9.17, 15) is 0 Å². The molecule has 1 fully saturated rings. The normalized spacial score (nSPS) is 21.2. The molecule has 108 valence electrons. The van der Waals surface area contributed by atoms with Gasteiger partial charge in [0.05, 0.1) is 5.69 Å². The molecule has 0 radical (unpaired) electrons. The number of hydrogen-bond acceptors (Lipinski definition) is 3. The standard InChI is InChI=1S/C15H27N3S/c1-4-8-16-14(15-6-5-10-19-15)11-13-7-9-18(17-13)12(2)3/h7,9,12,14-16H,4-6,8,10-11H2,1-3H3. The highest BCUT2D eigenvalue weighted by Crippen LogP contribution is 2.30. The third-order valence-electron chi connectivity index (χ3n) is 3.69. The molecule has 0 bridgehead atoms. The molecular weight excluding hydrogens is 254 g/mol. The molecule has 1 saturated heterocycles. The van der Waals surface area contributed by atoms with Crippen LogP contribution in [0.15, 0.2) is 12.3 Å². The van der Waals surface area contributed by atoms with Crippen LogP contribution in [0.3, 0.4) is 0 Å². The van der Waals surface area contributed by atoms with E-state index in [4.69, 9.17) is 5.10 Å². The van der Waals surface area contributed by atoms with Crippen LogP contribution in [0.5, 0.6) is 0 Å². The summed E-state index contributed by atoms with van der Waals surface area (Å²) in [5.41, 5.74) is 1.23. The van der Waals surface area contributed by atoms with Crippen LogP contribution in [0.4, 0.5) is 0 Å². The monoisotopic (exact) mass is 281 g/mol. The lowest BCUT2D eigenvalue weighted by Gasteiger charge is -2.23. The Balaban J connectivity index is 1.97. The Bertz CT molecular complexity index is 369. The molecule has 0 saturated carbocycles. The second kappa shape index (κ2) is 7.34. The lowest BCUT2D eigenvalue weighted by molar-refractivity contribution is 0.469. The van der Waals surface area contributed by atoms with Crippen LogP contribution in [0.2, 0.25) is 0 Å². The average Bonchev–Trinajstić information content (AvgIpc) is 3.05. The van der Waals surface area contributed by atoms with Crippen molar-refractivity contribution in [3.8, 4) is 0 Å². The van der Waals surface area contributed by atoms with Gasteiger partial charge in [-0.2, -0.15) is 16.9 Å². The van der Waals surface area contributed by atoms with Gasteiger partial charge in [-0.1, -0.05) is 6.92 Å². The van der Waals surface area contributed by atoms with Gasteiger partial charge < -0.3 is 5.32 Å². The third-order valence-corrected chi connectivity index (χ3v) is 5.21. The van der Waals surface area contributed by atoms with Gasteiger partial charge in [-0.25, -0.2) is 0 Å². The van der Waals surface area contributed by atoms with Gasteiger partial charge in [0.1, 0.15) is 0 Å². The van der Waals surface area contributed by atoms with E-state index < -0.39 is 0 Å². The molecule has 2 unspecified atom stereocenters. The van der Waals surface area contributed by atoms with Crippen LogP contribution in [-0.4, -0.2) is 33.4 Å². The van der Waals surface area contributed by atoms with Crippen molar-refractivity contribution in [2.24, 2.45) is 0 Å². The first-order chi connectivity index (χ1) is 9.20. The summed E-state index contributed by atoms with van der Waals surface area (Å²) in [6.07, 6.45) is 7.11. The van der Waals surface area contributed by atoms with Crippen LogP contribution in [-0.2, 0) is 6.42 Å². The van der Waals surface area contributed by atoms with E-state index in [0.717, 1.165) is 18.2 Å². The molecule has 3 nitrogen and oxygen atoms in total. The second-order valence-electron chi connectivity index (χ2n) is 5.70. The molecule has 1 aliphatic rings. The minimum Gasteiger partial charge on any atom is -0.312 e. The molecule has 2 rings (SSSR count). The number of aromatic nitrogens is 2. The lowest BCUT2D eigenvalue weighted by atomic mass is 10.0. The van der Waals surface area contributed by atoms with Gasteiger partial charge in [0.25, 0.3) is 0 Å².